The summed E-state index contributed by atoms with van der Waals surface area (Å²) in [7, 11) is 0. The van der Waals surface area contributed by atoms with Crippen LogP contribution in [0.1, 0.15) is 29.0 Å². The Bertz CT molecular complexity index is 753. The molecule has 4 rings (SSSR count). The Morgan fingerprint density at radius 2 is 1.91 bits per heavy atom. The van der Waals surface area contributed by atoms with Crippen molar-refractivity contribution in [2.45, 2.75) is 25.6 Å². The number of hydrogen-bond donors (Lipinski definition) is 0. The highest BCUT2D eigenvalue weighted by molar-refractivity contribution is 9.10. The summed E-state index contributed by atoms with van der Waals surface area (Å²) < 4.78 is 18.2. The van der Waals surface area contributed by atoms with Gasteiger partial charge in [0.05, 0.1) is 13.2 Å². The van der Waals surface area contributed by atoms with Gasteiger partial charge in [0.25, 0.3) is 5.91 Å². The molecule has 2 saturated heterocycles. The number of aryl methyl sites for hydroxylation is 1. The first-order chi connectivity index (χ1) is 11.1. The molecule has 1 amide bonds. The maximum atomic E-state index is 12.8. The van der Waals surface area contributed by atoms with Gasteiger partial charge >= 0.3 is 0 Å². The van der Waals surface area contributed by atoms with Crippen molar-refractivity contribution in [1.82, 2.24) is 4.90 Å². The fourth-order valence-electron chi connectivity index (χ4n) is 3.38. The van der Waals surface area contributed by atoms with E-state index in [2.05, 4.69) is 15.9 Å². The average Bonchev–Trinajstić information content (AvgIpc) is 3.13. The van der Waals surface area contributed by atoms with Gasteiger partial charge in [-0.05, 0) is 25.1 Å². The smallest absolute Gasteiger partial charge is 0.289 e. The second-order valence-corrected chi connectivity index (χ2v) is 7.01. The summed E-state index contributed by atoms with van der Waals surface area (Å²) >= 11 is 3.46. The lowest BCUT2D eigenvalue weighted by atomic mass is 10.0. The van der Waals surface area contributed by atoms with Gasteiger partial charge in [0.1, 0.15) is 5.58 Å². The lowest BCUT2D eigenvalue weighted by Gasteiger charge is -2.37. The maximum absolute atomic E-state index is 12.8. The second kappa shape index (κ2) is 5.61. The minimum absolute atomic E-state index is 0.0531. The van der Waals surface area contributed by atoms with Crippen LogP contribution in [0.4, 0.5) is 0 Å². The average molecular weight is 380 g/mol. The number of halogens is 1. The summed E-state index contributed by atoms with van der Waals surface area (Å²) in [6.45, 7) is 4.47. The number of fused-ring (bicyclic) bond motifs is 1. The highest BCUT2D eigenvalue weighted by Crippen LogP contribution is 2.33. The quantitative estimate of drug-likeness (QED) is 0.760. The van der Waals surface area contributed by atoms with Crippen LogP contribution in [0.2, 0.25) is 0 Å². The zero-order valence-electron chi connectivity index (χ0n) is 12.9. The maximum Gasteiger partial charge on any atom is 0.289 e. The number of likely N-dealkylation sites (tertiary alicyclic amines) is 1. The number of ether oxygens (including phenoxy) is 2. The second-order valence-electron chi connectivity index (χ2n) is 6.10. The number of furan rings is 1. The number of amides is 1. The predicted octanol–water partition coefficient (Wildman–Crippen LogP) is 3.48. The normalized spacial score (nSPS) is 20.5. The molecule has 6 heteroatoms. The summed E-state index contributed by atoms with van der Waals surface area (Å²) in [5.41, 5.74) is 1.63. The number of nitrogens with zero attached hydrogens (tertiary/aromatic N) is 1. The van der Waals surface area contributed by atoms with E-state index >= 15 is 0 Å². The third kappa shape index (κ3) is 2.58. The van der Waals surface area contributed by atoms with E-state index in [-0.39, 0.29) is 5.91 Å². The summed E-state index contributed by atoms with van der Waals surface area (Å²) in [4.78, 5) is 14.6. The largest absolute Gasteiger partial charge is 0.451 e. The fourth-order valence-corrected chi connectivity index (χ4v) is 3.74. The number of carbonyl (C=O) groups excluding carboxylic acids is 1. The Balaban J connectivity index is 1.56. The number of piperidine rings is 1. The standard InChI is InChI=1S/C17H18BrNO4/c1-11-13-10-12(18)2-3-14(13)23-15(11)16(20)19-6-4-17(5-7-19)21-8-9-22-17/h2-3,10H,4-9H2,1H3. The predicted molar refractivity (Wildman–Crippen MR) is 88.4 cm³/mol. The van der Waals surface area contributed by atoms with Crippen molar-refractivity contribution in [2.75, 3.05) is 26.3 Å². The highest BCUT2D eigenvalue weighted by atomic mass is 79.9. The van der Waals surface area contributed by atoms with E-state index in [9.17, 15) is 4.79 Å². The molecule has 3 heterocycles. The van der Waals surface area contributed by atoms with Crippen LogP contribution in [-0.2, 0) is 9.47 Å². The third-order valence-corrected chi connectivity index (χ3v) is 5.21. The van der Waals surface area contributed by atoms with Gasteiger partial charge in [-0.2, -0.15) is 0 Å². The Labute approximate surface area is 142 Å². The molecule has 2 aromatic rings. The molecule has 1 spiro atoms. The van der Waals surface area contributed by atoms with E-state index in [0.717, 1.165) is 21.0 Å². The molecule has 5 nitrogen and oxygen atoms in total. The Hall–Kier alpha value is -1.37. The first-order valence-corrected chi connectivity index (χ1v) is 8.63. The molecule has 0 N–H and O–H groups in total. The molecule has 1 aromatic carbocycles. The Kier molecular flexibility index (Phi) is 3.70. The van der Waals surface area contributed by atoms with Gasteiger partial charge in [-0.15, -0.1) is 0 Å². The van der Waals surface area contributed by atoms with Gasteiger partial charge in [0.15, 0.2) is 11.5 Å². The molecule has 122 valence electrons. The van der Waals surface area contributed by atoms with E-state index in [1.165, 1.54) is 0 Å². The summed E-state index contributed by atoms with van der Waals surface area (Å²) in [6, 6.07) is 5.78. The minimum atomic E-state index is -0.468. The molecule has 0 unspecified atom stereocenters. The third-order valence-electron chi connectivity index (χ3n) is 4.72. The fraction of sp³-hybridized carbons (Fsp3) is 0.471. The first-order valence-electron chi connectivity index (χ1n) is 7.84. The van der Waals surface area contributed by atoms with E-state index < -0.39 is 5.79 Å². The van der Waals surface area contributed by atoms with Crippen LogP contribution in [0, 0.1) is 6.92 Å². The van der Waals surface area contributed by atoms with Crippen LogP contribution < -0.4 is 0 Å². The molecule has 0 bridgehead atoms. The van der Waals surface area contributed by atoms with Gasteiger partial charge in [-0.25, -0.2) is 0 Å². The first kappa shape index (κ1) is 15.2. The number of hydrogen-bond acceptors (Lipinski definition) is 4. The van der Waals surface area contributed by atoms with Gasteiger partial charge in [-0.3, -0.25) is 4.79 Å². The number of benzene rings is 1. The zero-order chi connectivity index (χ0) is 16.0. The SMILES string of the molecule is Cc1c(C(=O)N2CCC3(CC2)OCCO3)oc2ccc(Br)cc12. The molecule has 0 radical (unpaired) electrons. The summed E-state index contributed by atoms with van der Waals surface area (Å²) in [5.74, 6) is -0.0881. The number of carbonyl (C=O) groups is 1. The van der Waals surface area contributed by atoms with Crippen LogP contribution in [0.3, 0.4) is 0 Å². The molecule has 2 aliphatic heterocycles. The lowest BCUT2D eigenvalue weighted by molar-refractivity contribution is -0.181. The van der Waals surface area contributed by atoms with Crippen molar-refractivity contribution >= 4 is 32.8 Å². The van der Waals surface area contributed by atoms with Crippen LogP contribution >= 0.6 is 15.9 Å². The molecule has 0 saturated carbocycles. The Morgan fingerprint density at radius 3 is 2.61 bits per heavy atom. The molecular formula is C17H18BrNO4. The van der Waals surface area contributed by atoms with Crippen molar-refractivity contribution in [3.05, 3.63) is 34.0 Å². The Morgan fingerprint density at radius 1 is 1.22 bits per heavy atom. The molecule has 1 aromatic heterocycles. The van der Waals surface area contributed by atoms with Gasteiger partial charge in [0.2, 0.25) is 0 Å². The van der Waals surface area contributed by atoms with E-state index in [4.69, 9.17) is 13.9 Å². The van der Waals surface area contributed by atoms with Crippen LogP contribution in [-0.4, -0.2) is 42.9 Å². The topological polar surface area (TPSA) is 51.9 Å². The monoisotopic (exact) mass is 379 g/mol. The van der Waals surface area contributed by atoms with Crippen molar-refractivity contribution in [3.63, 3.8) is 0 Å². The van der Waals surface area contributed by atoms with E-state index in [0.29, 0.717) is 44.9 Å². The van der Waals surface area contributed by atoms with Crippen LogP contribution in [0.5, 0.6) is 0 Å². The molecule has 23 heavy (non-hydrogen) atoms. The van der Waals surface area contributed by atoms with Gasteiger partial charge < -0.3 is 18.8 Å². The molecule has 2 aliphatic rings. The molecular weight excluding hydrogens is 362 g/mol. The van der Waals surface area contributed by atoms with Crippen molar-refractivity contribution in [3.8, 4) is 0 Å². The molecule has 0 aliphatic carbocycles. The lowest BCUT2D eigenvalue weighted by Crippen LogP contribution is -2.47. The zero-order valence-corrected chi connectivity index (χ0v) is 14.5. The molecule has 2 fully saturated rings. The summed E-state index contributed by atoms with van der Waals surface area (Å²) in [5, 5.41) is 0.971. The highest BCUT2D eigenvalue weighted by Gasteiger charge is 2.41. The summed E-state index contributed by atoms with van der Waals surface area (Å²) in [6.07, 6.45) is 1.42. The van der Waals surface area contributed by atoms with Gasteiger partial charge in [-0.1, -0.05) is 15.9 Å². The van der Waals surface area contributed by atoms with Crippen molar-refractivity contribution < 1.29 is 18.7 Å². The van der Waals surface area contributed by atoms with Gasteiger partial charge in [0, 0.05) is 41.4 Å². The number of rotatable bonds is 1. The van der Waals surface area contributed by atoms with E-state index in [1.54, 1.807) is 0 Å². The van der Waals surface area contributed by atoms with Crippen molar-refractivity contribution in [2.24, 2.45) is 0 Å². The van der Waals surface area contributed by atoms with E-state index in [1.807, 2.05) is 30.0 Å². The van der Waals surface area contributed by atoms with Crippen LogP contribution in [0.25, 0.3) is 11.0 Å². The van der Waals surface area contributed by atoms with Crippen molar-refractivity contribution in [1.29, 1.82) is 0 Å². The minimum Gasteiger partial charge on any atom is -0.451 e. The van der Waals surface area contributed by atoms with Crippen LogP contribution in [0.15, 0.2) is 27.1 Å². The molecule has 0 atom stereocenters.